The van der Waals surface area contributed by atoms with Crippen LogP contribution >= 0.6 is 0 Å². The standard InChI is InChI=1S/C20H40N2O.C2H4O/c1-17(2,3)14-19(6,7)21-10-12-22(13-11-21)20(8,9)15-18(4,5)16-23;1-2-3/h16H,10-15H2,1-9H3;2H,1H3. The van der Waals surface area contributed by atoms with Gasteiger partial charge in [-0.25, -0.2) is 0 Å². The molecule has 4 nitrogen and oxygen atoms in total. The number of aldehydes is 2. The Morgan fingerprint density at radius 1 is 0.692 bits per heavy atom. The predicted molar refractivity (Wildman–Crippen MR) is 112 cm³/mol. The van der Waals surface area contributed by atoms with E-state index < -0.39 is 0 Å². The van der Waals surface area contributed by atoms with E-state index in [2.05, 4.69) is 58.3 Å². The van der Waals surface area contributed by atoms with E-state index >= 15 is 0 Å². The number of hydrogen-bond donors (Lipinski definition) is 0. The number of carbonyl (C=O) groups is 2. The Morgan fingerprint density at radius 2 is 1.00 bits per heavy atom. The van der Waals surface area contributed by atoms with Crippen LogP contribution in [0.25, 0.3) is 0 Å². The first-order valence-electron chi connectivity index (χ1n) is 9.96. The van der Waals surface area contributed by atoms with E-state index in [1.165, 1.54) is 13.3 Å². The van der Waals surface area contributed by atoms with Gasteiger partial charge in [-0.15, -0.1) is 0 Å². The minimum absolute atomic E-state index is 0.0741. The maximum absolute atomic E-state index is 11.3. The molecule has 0 saturated carbocycles. The summed E-state index contributed by atoms with van der Waals surface area (Å²) in [7, 11) is 0. The van der Waals surface area contributed by atoms with Crippen molar-refractivity contribution >= 4 is 12.6 Å². The lowest BCUT2D eigenvalue weighted by Crippen LogP contribution is -2.60. The van der Waals surface area contributed by atoms with Gasteiger partial charge in [0.15, 0.2) is 0 Å². The zero-order valence-corrected chi connectivity index (χ0v) is 19.1. The summed E-state index contributed by atoms with van der Waals surface area (Å²) in [5.74, 6) is 0. The summed E-state index contributed by atoms with van der Waals surface area (Å²) in [6.45, 7) is 26.3. The monoisotopic (exact) mass is 368 g/mol. The number of carbonyl (C=O) groups excluding carboxylic acids is 2. The van der Waals surface area contributed by atoms with E-state index in [0.717, 1.165) is 45.2 Å². The largest absolute Gasteiger partial charge is 0.304 e. The van der Waals surface area contributed by atoms with Crippen LogP contribution in [-0.2, 0) is 9.59 Å². The van der Waals surface area contributed by atoms with Gasteiger partial charge in [0.1, 0.15) is 12.6 Å². The molecular formula is C22H44N2O2. The van der Waals surface area contributed by atoms with Crippen LogP contribution in [0.3, 0.4) is 0 Å². The van der Waals surface area contributed by atoms with E-state index in [1.54, 1.807) is 0 Å². The first-order chi connectivity index (χ1) is 11.6. The Hall–Kier alpha value is -0.740. The zero-order chi connectivity index (χ0) is 20.8. The summed E-state index contributed by atoms with van der Waals surface area (Å²) >= 11 is 0. The number of rotatable bonds is 6. The van der Waals surface area contributed by atoms with Crippen LogP contribution in [0.2, 0.25) is 0 Å². The van der Waals surface area contributed by atoms with Gasteiger partial charge in [-0.1, -0.05) is 34.6 Å². The van der Waals surface area contributed by atoms with Gasteiger partial charge in [0.2, 0.25) is 0 Å². The lowest BCUT2D eigenvalue weighted by atomic mass is 9.79. The van der Waals surface area contributed by atoms with Crippen molar-refractivity contribution in [1.82, 2.24) is 9.80 Å². The van der Waals surface area contributed by atoms with Gasteiger partial charge in [-0.3, -0.25) is 9.80 Å². The first-order valence-corrected chi connectivity index (χ1v) is 9.96. The fourth-order valence-electron chi connectivity index (χ4n) is 4.60. The van der Waals surface area contributed by atoms with Crippen LogP contribution in [0.1, 0.15) is 82.1 Å². The summed E-state index contributed by atoms with van der Waals surface area (Å²) in [6.07, 6.45) is 3.98. The molecule has 0 bridgehead atoms. The van der Waals surface area contributed by atoms with E-state index in [1.807, 2.05) is 13.8 Å². The molecule has 0 aromatic carbocycles. The molecule has 1 aliphatic heterocycles. The predicted octanol–water partition coefficient (Wildman–Crippen LogP) is 4.42. The van der Waals surface area contributed by atoms with Gasteiger partial charge in [-0.05, 0) is 52.9 Å². The second-order valence-corrected chi connectivity index (χ2v) is 10.9. The van der Waals surface area contributed by atoms with Gasteiger partial charge in [-0.2, -0.15) is 0 Å². The van der Waals surface area contributed by atoms with Crippen molar-refractivity contribution in [2.75, 3.05) is 26.2 Å². The summed E-state index contributed by atoms with van der Waals surface area (Å²) in [6, 6.07) is 0. The number of nitrogens with zero attached hydrogens (tertiary/aromatic N) is 2. The van der Waals surface area contributed by atoms with Crippen molar-refractivity contribution in [3.8, 4) is 0 Å². The molecule has 0 aromatic heterocycles. The van der Waals surface area contributed by atoms with Gasteiger partial charge < -0.3 is 9.59 Å². The van der Waals surface area contributed by atoms with E-state index in [4.69, 9.17) is 4.79 Å². The fraction of sp³-hybridized carbons (Fsp3) is 0.909. The number of piperazine rings is 1. The summed E-state index contributed by atoms with van der Waals surface area (Å²) in [5, 5.41) is 0. The SMILES string of the molecule is CC(C)(C)CC(C)(C)N1CCN(C(C)(C)CC(C)(C)C=O)CC1.CC=O. The zero-order valence-electron chi connectivity index (χ0n) is 19.1. The Balaban J connectivity index is 0.00000194. The second-order valence-electron chi connectivity index (χ2n) is 10.9. The third-order valence-corrected chi connectivity index (χ3v) is 5.16. The van der Waals surface area contributed by atoms with E-state index in [0.29, 0.717) is 5.41 Å². The van der Waals surface area contributed by atoms with Gasteiger partial charge in [0.25, 0.3) is 0 Å². The van der Waals surface area contributed by atoms with E-state index in [9.17, 15) is 4.79 Å². The third kappa shape index (κ3) is 8.77. The van der Waals surface area contributed by atoms with Gasteiger partial charge in [0, 0.05) is 42.7 Å². The van der Waals surface area contributed by atoms with Gasteiger partial charge >= 0.3 is 0 Å². The summed E-state index contributed by atoms with van der Waals surface area (Å²) < 4.78 is 0. The molecule has 0 aromatic rings. The quantitative estimate of drug-likeness (QED) is 0.651. The molecule has 4 heteroatoms. The van der Waals surface area contributed by atoms with Crippen molar-refractivity contribution < 1.29 is 9.59 Å². The van der Waals surface area contributed by atoms with Crippen LogP contribution in [0.5, 0.6) is 0 Å². The molecule has 1 heterocycles. The molecular weight excluding hydrogens is 324 g/mol. The average molecular weight is 369 g/mol. The van der Waals surface area contributed by atoms with Crippen LogP contribution in [-0.4, -0.2) is 59.6 Å². The molecule has 0 aliphatic carbocycles. The van der Waals surface area contributed by atoms with Crippen molar-refractivity contribution in [2.45, 2.75) is 93.2 Å². The van der Waals surface area contributed by atoms with Crippen molar-refractivity contribution in [3.63, 3.8) is 0 Å². The molecule has 0 amide bonds. The molecule has 0 radical (unpaired) electrons. The van der Waals surface area contributed by atoms with Crippen LogP contribution in [0.15, 0.2) is 0 Å². The lowest BCUT2D eigenvalue weighted by Gasteiger charge is -2.51. The minimum Gasteiger partial charge on any atom is -0.304 e. The normalized spacial score (nSPS) is 18.1. The molecule has 154 valence electrons. The molecule has 0 N–H and O–H groups in total. The molecule has 1 aliphatic rings. The molecule has 1 rings (SSSR count). The van der Waals surface area contributed by atoms with Crippen molar-refractivity contribution in [2.24, 2.45) is 10.8 Å². The van der Waals surface area contributed by atoms with Gasteiger partial charge in [0.05, 0.1) is 0 Å². The van der Waals surface area contributed by atoms with Crippen molar-refractivity contribution in [3.05, 3.63) is 0 Å². The molecule has 26 heavy (non-hydrogen) atoms. The maximum atomic E-state index is 11.3. The highest BCUT2D eigenvalue weighted by Gasteiger charge is 2.38. The highest BCUT2D eigenvalue weighted by atomic mass is 16.1. The topological polar surface area (TPSA) is 40.6 Å². The Labute approximate surface area is 162 Å². The summed E-state index contributed by atoms with van der Waals surface area (Å²) in [4.78, 5) is 25.3. The maximum Gasteiger partial charge on any atom is 0.125 e. The fourth-order valence-corrected chi connectivity index (χ4v) is 4.60. The summed E-state index contributed by atoms with van der Waals surface area (Å²) in [5.41, 5.74) is 0.432. The number of hydrogen-bond acceptors (Lipinski definition) is 4. The molecule has 0 spiro atoms. The van der Waals surface area contributed by atoms with E-state index in [-0.39, 0.29) is 16.5 Å². The Kier molecular flexibility index (Phi) is 9.19. The first kappa shape index (κ1) is 25.3. The van der Waals surface area contributed by atoms with Crippen LogP contribution in [0.4, 0.5) is 0 Å². The Morgan fingerprint density at radius 3 is 1.27 bits per heavy atom. The van der Waals surface area contributed by atoms with Crippen LogP contribution < -0.4 is 0 Å². The Bertz CT molecular complexity index is 440. The second kappa shape index (κ2) is 9.45. The van der Waals surface area contributed by atoms with Crippen molar-refractivity contribution in [1.29, 1.82) is 0 Å². The third-order valence-electron chi connectivity index (χ3n) is 5.16. The molecule has 0 atom stereocenters. The molecule has 0 unspecified atom stereocenters. The minimum atomic E-state index is -0.244. The highest BCUT2D eigenvalue weighted by Crippen LogP contribution is 2.34. The lowest BCUT2D eigenvalue weighted by molar-refractivity contribution is -0.117. The molecule has 1 fully saturated rings. The highest BCUT2D eigenvalue weighted by molar-refractivity contribution is 5.58. The molecule has 1 saturated heterocycles. The average Bonchev–Trinajstić information content (AvgIpc) is 2.45. The smallest absolute Gasteiger partial charge is 0.125 e. The van der Waals surface area contributed by atoms with Crippen LogP contribution in [0, 0.1) is 10.8 Å².